The van der Waals surface area contributed by atoms with E-state index < -0.39 is 33.8 Å². The molecule has 2 N–H and O–H groups in total. The molecular formula is C9H9F4NO2S. The summed E-state index contributed by atoms with van der Waals surface area (Å²) in [4.78, 5) is 0. The molecule has 0 radical (unpaired) electrons. The fraction of sp³-hybridized carbons (Fsp3) is 0.333. The smallest absolute Gasteiger partial charge is 0.323 e. The van der Waals surface area contributed by atoms with Crippen LogP contribution >= 0.6 is 0 Å². The molecule has 1 unspecified atom stereocenters. The molecule has 1 atom stereocenters. The third kappa shape index (κ3) is 4.31. The highest BCUT2D eigenvalue weighted by atomic mass is 32.3. The number of benzene rings is 1. The van der Waals surface area contributed by atoms with Crippen LogP contribution in [0.2, 0.25) is 0 Å². The Morgan fingerprint density at radius 1 is 1.29 bits per heavy atom. The summed E-state index contributed by atoms with van der Waals surface area (Å²) in [6.45, 7) is 0. The van der Waals surface area contributed by atoms with Crippen molar-refractivity contribution in [3.05, 3.63) is 35.4 Å². The summed E-state index contributed by atoms with van der Waals surface area (Å²) in [5.41, 5.74) is 4.27. The number of rotatable bonds is 3. The Morgan fingerprint density at radius 3 is 2.35 bits per heavy atom. The van der Waals surface area contributed by atoms with E-state index in [1.54, 1.807) is 0 Å². The van der Waals surface area contributed by atoms with E-state index in [4.69, 9.17) is 5.73 Å². The largest absolute Gasteiger partial charge is 0.416 e. The minimum Gasteiger partial charge on any atom is -0.323 e. The minimum atomic E-state index is -4.83. The average Bonchev–Trinajstić information content (AvgIpc) is 2.14. The second-order valence-electron chi connectivity index (χ2n) is 3.44. The fourth-order valence-electron chi connectivity index (χ4n) is 1.26. The maximum atomic E-state index is 12.3. The van der Waals surface area contributed by atoms with Gasteiger partial charge in [0.2, 0.25) is 0 Å². The van der Waals surface area contributed by atoms with Crippen LogP contribution in [0.4, 0.5) is 17.1 Å². The van der Waals surface area contributed by atoms with Crippen LogP contribution in [0, 0.1) is 0 Å². The Labute approximate surface area is 95.4 Å². The Balaban J connectivity index is 3.00. The zero-order chi connectivity index (χ0) is 13.3. The Hall–Kier alpha value is -1.15. The van der Waals surface area contributed by atoms with Gasteiger partial charge < -0.3 is 5.73 Å². The molecule has 0 aliphatic rings. The zero-order valence-electron chi connectivity index (χ0n) is 8.41. The number of hydrogen-bond acceptors (Lipinski definition) is 3. The third-order valence-electron chi connectivity index (χ3n) is 2.02. The number of alkyl halides is 3. The molecule has 0 saturated carbocycles. The Morgan fingerprint density at radius 2 is 1.88 bits per heavy atom. The Bertz CT molecular complexity index is 498. The van der Waals surface area contributed by atoms with Gasteiger partial charge in [0.25, 0.3) is 0 Å². The van der Waals surface area contributed by atoms with E-state index in [-0.39, 0.29) is 5.56 Å². The lowest BCUT2D eigenvalue weighted by atomic mass is 10.1. The predicted molar refractivity (Wildman–Crippen MR) is 53.3 cm³/mol. The fourth-order valence-corrected chi connectivity index (χ4v) is 1.88. The second kappa shape index (κ2) is 4.61. The van der Waals surface area contributed by atoms with Gasteiger partial charge in [-0.3, -0.25) is 0 Å². The molecular weight excluding hydrogens is 262 g/mol. The molecule has 1 aromatic rings. The predicted octanol–water partition coefficient (Wildman–Crippen LogP) is 2.00. The first-order valence-electron chi connectivity index (χ1n) is 4.44. The summed E-state index contributed by atoms with van der Waals surface area (Å²) < 4.78 is 70.0. The minimum absolute atomic E-state index is 0.0824. The maximum absolute atomic E-state index is 12.3. The van der Waals surface area contributed by atoms with Gasteiger partial charge in [0.05, 0.1) is 11.3 Å². The van der Waals surface area contributed by atoms with Crippen molar-refractivity contribution in [2.45, 2.75) is 12.2 Å². The zero-order valence-corrected chi connectivity index (χ0v) is 9.22. The lowest BCUT2D eigenvalue weighted by molar-refractivity contribution is -0.137. The van der Waals surface area contributed by atoms with Crippen molar-refractivity contribution in [3.8, 4) is 0 Å². The van der Waals surface area contributed by atoms with Crippen molar-refractivity contribution in [1.29, 1.82) is 0 Å². The first kappa shape index (κ1) is 13.9. The van der Waals surface area contributed by atoms with Crippen molar-refractivity contribution in [2.75, 3.05) is 5.75 Å². The van der Waals surface area contributed by atoms with Crippen molar-refractivity contribution in [3.63, 3.8) is 0 Å². The summed E-state index contributed by atoms with van der Waals surface area (Å²) in [6.07, 6.45) is -4.55. The summed E-state index contributed by atoms with van der Waals surface area (Å²) in [7, 11) is -4.83. The molecule has 96 valence electrons. The molecule has 0 amide bonds. The van der Waals surface area contributed by atoms with Crippen LogP contribution in [0.5, 0.6) is 0 Å². The van der Waals surface area contributed by atoms with Crippen LogP contribution in [-0.4, -0.2) is 14.2 Å². The van der Waals surface area contributed by atoms with Crippen LogP contribution in [0.3, 0.4) is 0 Å². The highest BCUT2D eigenvalue weighted by Crippen LogP contribution is 2.30. The standard InChI is InChI=1S/C9H9F4NO2S/c10-9(11,12)7-3-1-2-6(4-7)8(14)5-17(13,15)16/h1-4,8H,5,14H2. The topological polar surface area (TPSA) is 60.2 Å². The van der Waals surface area contributed by atoms with Gasteiger partial charge in [0.1, 0.15) is 0 Å². The molecule has 8 heteroatoms. The number of halogens is 4. The van der Waals surface area contributed by atoms with Crippen molar-refractivity contribution < 1.29 is 25.5 Å². The average molecular weight is 271 g/mol. The van der Waals surface area contributed by atoms with E-state index in [1.807, 2.05) is 0 Å². The molecule has 0 bridgehead atoms. The summed E-state index contributed by atoms with van der Waals surface area (Å²) >= 11 is 0. The monoisotopic (exact) mass is 271 g/mol. The molecule has 1 rings (SSSR count). The van der Waals surface area contributed by atoms with Crippen molar-refractivity contribution in [1.82, 2.24) is 0 Å². The van der Waals surface area contributed by atoms with Crippen LogP contribution in [0.15, 0.2) is 24.3 Å². The molecule has 0 heterocycles. The van der Waals surface area contributed by atoms with E-state index in [1.165, 1.54) is 6.07 Å². The van der Waals surface area contributed by atoms with E-state index >= 15 is 0 Å². The van der Waals surface area contributed by atoms with Crippen LogP contribution in [-0.2, 0) is 16.4 Å². The van der Waals surface area contributed by atoms with E-state index in [0.29, 0.717) is 6.07 Å². The molecule has 0 saturated heterocycles. The molecule has 17 heavy (non-hydrogen) atoms. The highest BCUT2D eigenvalue weighted by Gasteiger charge is 2.31. The van der Waals surface area contributed by atoms with Gasteiger partial charge in [-0.25, -0.2) is 0 Å². The molecule has 0 aliphatic carbocycles. The number of nitrogens with two attached hydrogens (primary N) is 1. The second-order valence-corrected chi connectivity index (χ2v) is 4.85. The van der Waals surface area contributed by atoms with Gasteiger partial charge in [-0.1, -0.05) is 12.1 Å². The quantitative estimate of drug-likeness (QED) is 0.675. The summed E-state index contributed by atoms with van der Waals surface area (Å²) in [5, 5.41) is 0. The van der Waals surface area contributed by atoms with Crippen LogP contribution in [0.1, 0.15) is 17.2 Å². The summed E-state index contributed by atoms with van der Waals surface area (Å²) in [6, 6.07) is 2.50. The Kier molecular flexibility index (Phi) is 3.78. The van der Waals surface area contributed by atoms with Crippen LogP contribution in [0.25, 0.3) is 0 Å². The van der Waals surface area contributed by atoms with Gasteiger partial charge in [-0.2, -0.15) is 21.6 Å². The summed E-state index contributed by atoms with van der Waals surface area (Å²) in [5.74, 6) is -1.05. The van der Waals surface area contributed by atoms with Crippen molar-refractivity contribution in [2.24, 2.45) is 5.73 Å². The first-order valence-corrected chi connectivity index (χ1v) is 6.00. The van der Waals surface area contributed by atoms with Gasteiger partial charge in [0.15, 0.2) is 0 Å². The lowest BCUT2D eigenvalue weighted by Gasteiger charge is -2.12. The maximum Gasteiger partial charge on any atom is 0.416 e. The van der Waals surface area contributed by atoms with Gasteiger partial charge in [-0.05, 0) is 17.7 Å². The van der Waals surface area contributed by atoms with Gasteiger partial charge in [0, 0.05) is 6.04 Å². The van der Waals surface area contributed by atoms with E-state index in [9.17, 15) is 25.5 Å². The van der Waals surface area contributed by atoms with Gasteiger partial charge in [-0.15, -0.1) is 3.89 Å². The SMILES string of the molecule is NC(CS(=O)(=O)F)c1cccc(C(F)(F)F)c1. The highest BCUT2D eigenvalue weighted by molar-refractivity contribution is 7.86. The first-order chi connectivity index (χ1) is 7.59. The normalized spacial score (nSPS) is 14.6. The van der Waals surface area contributed by atoms with E-state index in [2.05, 4.69) is 0 Å². The number of hydrogen-bond donors (Lipinski definition) is 1. The molecule has 3 nitrogen and oxygen atoms in total. The van der Waals surface area contributed by atoms with E-state index in [0.717, 1.165) is 12.1 Å². The molecule has 1 aromatic carbocycles. The van der Waals surface area contributed by atoms with Crippen LogP contribution < -0.4 is 5.73 Å². The molecule has 0 spiro atoms. The molecule has 0 aliphatic heterocycles. The third-order valence-corrected chi connectivity index (χ3v) is 2.78. The van der Waals surface area contributed by atoms with Gasteiger partial charge >= 0.3 is 16.4 Å². The molecule has 0 fully saturated rings. The lowest BCUT2D eigenvalue weighted by Crippen LogP contribution is -2.20. The molecule has 0 aromatic heterocycles. The van der Waals surface area contributed by atoms with Crippen molar-refractivity contribution >= 4 is 10.2 Å².